The van der Waals surface area contributed by atoms with Gasteiger partial charge in [-0.3, -0.25) is 5.41 Å². The van der Waals surface area contributed by atoms with E-state index in [-0.39, 0.29) is 35.8 Å². The van der Waals surface area contributed by atoms with E-state index in [1.165, 1.54) is 22.5 Å². The monoisotopic (exact) mass is 515 g/mol. The summed E-state index contributed by atoms with van der Waals surface area (Å²) in [6, 6.07) is 12.0. The second kappa shape index (κ2) is 11.0. The van der Waals surface area contributed by atoms with E-state index in [2.05, 4.69) is 10.6 Å². The van der Waals surface area contributed by atoms with Gasteiger partial charge in [-0.1, -0.05) is 49.9 Å². The molecule has 0 aromatic heterocycles. The van der Waals surface area contributed by atoms with Crippen LogP contribution >= 0.6 is 0 Å². The molecule has 0 radical (unpaired) electrons. The van der Waals surface area contributed by atoms with E-state index >= 15 is 0 Å². The van der Waals surface area contributed by atoms with Crippen LogP contribution in [0.5, 0.6) is 0 Å². The van der Waals surface area contributed by atoms with Crippen molar-refractivity contribution in [2.45, 2.75) is 61.8 Å². The van der Waals surface area contributed by atoms with E-state index in [1.54, 1.807) is 24.3 Å². The number of amides is 2. The minimum absolute atomic E-state index is 0.0728. The zero-order valence-corrected chi connectivity index (χ0v) is 21.1. The molecule has 8 nitrogen and oxygen atoms in total. The van der Waals surface area contributed by atoms with Gasteiger partial charge in [-0.2, -0.15) is 4.31 Å². The van der Waals surface area contributed by atoms with Crippen LogP contribution in [0.2, 0.25) is 0 Å². The van der Waals surface area contributed by atoms with Gasteiger partial charge in [0.05, 0.1) is 0 Å². The lowest BCUT2D eigenvalue weighted by Gasteiger charge is -2.45. The number of halogens is 1. The minimum atomic E-state index is -3.92. The van der Waals surface area contributed by atoms with Crippen LogP contribution in [0.25, 0.3) is 0 Å². The molecular formula is C26H34FN5O3S. The van der Waals surface area contributed by atoms with Crippen LogP contribution in [0.1, 0.15) is 56.9 Å². The van der Waals surface area contributed by atoms with Gasteiger partial charge in [0, 0.05) is 29.9 Å². The number of nitrogen functional groups attached to an aromatic ring is 1. The van der Waals surface area contributed by atoms with Crippen molar-refractivity contribution in [2.75, 3.05) is 18.4 Å². The van der Waals surface area contributed by atoms with Crippen LogP contribution in [0.15, 0.2) is 53.4 Å². The number of nitrogens with zero attached hydrogens (tertiary/aromatic N) is 1. The van der Waals surface area contributed by atoms with Gasteiger partial charge in [0.15, 0.2) is 0 Å². The average molecular weight is 516 g/mol. The van der Waals surface area contributed by atoms with Gasteiger partial charge in [-0.05, 0) is 55.9 Å². The molecule has 2 aliphatic rings. The Morgan fingerprint density at radius 3 is 2.33 bits per heavy atom. The summed E-state index contributed by atoms with van der Waals surface area (Å²) >= 11 is 0. The van der Waals surface area contributed by atoms with Crippen molar-refractivity contribution < 1.29 is 17.6 Å². The first kappa shape index (κ1) is 26.1. The summed E-state index contributed by atoms with van der Waals surface area (Å²) in [6.45, 7) is 0.570. The van der Waals surface area contributed by atoms with E-state index < -0.39 is 21.4 Å². The second-order valence-electron chi connectivity index (χ2n) is 9.75. The third-order valence-corrected chi connectivity index (χ3v) is 9.41. The van der Waals surface area contributed by atoms with Crippen molar-refractivity contribution in [1.29, 1.82) is 5.41 Å². The molecule has 1 saturated heterocycles. The Morgan fingerprint density at radius 2 is 1.69 bits per heavy atom. The number of hydrogen-bond donors (Lipinski definition) is 4. The molecule has 2 fully saturated rings. The van der Waals surface area contributed by atoms with Crippen LogP contribution in [0, 0.1) is 17.1 Å². The molecule has 2 aromatic carbocycles. The van der Waals surface area contributed by atoms with Crippen LogP contribution in [0.3, 0.4) is 0 Å². The number of urea groups is 1. The third-order valence-electron chi connectivity index (χ3n) is 7.48. The zero-order valence-electron chi connectivity index (χ0n) is 20.3. The molecule has 0 unspecified atom stereocenters. The third kappa shape index (κ3) is 5.70. The van der Waals surface area contributed by atoms with Crippen LogP contribution in [-0.4, -0.2) is 43.2 Å². The number of anilines is 1. The number of piperidine rings is 1. The molecule has 194 valence electrons. The molecule has 2 amide bonds. The molecule has 1 aliphatic heterocycles. The Hall–Kier alpha value is -2.98. The summed E-state index contributed by atoms with van der Waals surface area (Å²) in [4.78, 5) is 12.8. The molecule has 5 N–H and O–H groups in total. The first-order valence-electron chi connectivity index (χ1n) is 12.5. The number of hydrogen-bond acceptors (Lipinski definition) is 4. The highest BCUT2D eigenvalue weighted by molar-refractivity contribution is 7.89. The zero-order chi connectivity index (χ0) is 25.8. The Bertz CT molecular complexity index is 1200. The molecule has 0 spiro atoms. The number of nitrogens with one attached hydrogen (secondary N) is 3. The van der Waals surface area contributed by atoms with Crippen molar-refractivity contribution in [1.82, 2.24) is 9.62 Å². The van der Waals surface area contributed by atoms with Gasteiger partial charge in [0.1, 0.15) is 16.5 Å². The lowest BCUT2D eigenvalue weighted by Crippen LogP contribution is -2.57. The van der Waals surface area contributed by atoms with Gasteiger partial charge < -0.3 is 16.4 Å². The molecular weight excluding hydrogens is 481 g/mol. The first-order valence-corrected chi connectivity index (χ1v) is 13.9. The molecule has 1 heterocycles. The van der Waals surface area contributed by atoms with Gasteiger partial charge >= 0.3 is 6.03 Å². The molecule has 1 aliphatic carbocycles. The summed E-state index contributed by atoms with van der Waals surface area (Å²) in [5.74, 6) is -0.708. The summed E-state index contributed by atoms with van der Waals surface area (Å²) < 4.78 is 41.7. The first-order chi connectivity index (χ1) is 17.2. The maximum atomic E-state index is 14.2. The Balaban J connectivity index is 1.48. The largest absolute Gasteiger partial charge is 0.384 e. The van der Waals surface area contributed by atoms with Crippen LogP contribution < -0.4 is 16.4 Å². The molecule has 1 saturated carbocycles. The minimum Gasteiger partial charge on any atom is -0.384 e. The highest BCUT2D eigenvalue weighted by atomic mass is 32.2. The number of nitrogens with two attached hydrogens (primary N) is 1. The van der Waals surface area contributed by atoms with Gasteiger partial charge in [-0.25, -0.2) is 17.6 Å². The normalized spacial score (nSPS) is 19.2. The summed E-state index contributed by atoms with van der Waals surface area (Å²) in [5.41, 5.74) is 6.21. The molecule has 0 bridgehead atoms. The van der Waals surface area contributed by atoms with Crippen molar-refractivity contribution in [3.8, 4) is 0 Å². The van der Waals surface area contributed by atoms with Crippen molar-refractivity contribution in [2.24, 2.45) is 11.7 Å². The van der Waals surface area contributed by atoms with Crippen LogP contribution in [0.4, 0.5) is 14.9 Å². The fourth-order valence-electron chi connectivity index (χ4n) is 5.59. The maximum absolute atomic E-state index is 14.2. The number of sulfonamides is 1. The van der Waals surface area contributed by atoms with Gasteiger partial charge in [0.2, 0.25) is 10.0 Å². The molecule has 2 aromatic rings. The van der Waals surface area contributed by atoms with E-state index in [1.807, 2.05) is 0 Å². The molecule has 4 rings (SSSR count). The molecule has 0 atom stereocenters. The second-order valence-corrected chi connectivity index (χ2v) is 11.7. The van der Waals surface area contributed by atoms with E-state index in [0.29, 0.717) is 24.1 Å². The van der Waals surface area contributed by atoms with Gasteiger partial charge in [-0.15, -0.1) is 0 Å². The lowest BCUT2D eigenvalue weighted by atomic mass is 9.73. The quantitative estimate of drug-likeness (QED) is 0.258. The fourth-order valence-corrected chi connectivity index (χ4v) is 7.12. The molecule has 10 heteroatoms. The Kier molecular flexibility index (Phi) is 7.94. The summed E-state index contributed by atoms with van der Waals surface area (Å²) in [5, 5.41) is 13.8. The van der Waals surface area contributed by atoms with Crippen molar-refractivity contribution >= 4 is 27.6 Å². The fraction of sp³-hybridized carbons (Fsp3) is 0.462. The number of rotatable bonds is 6. The van der Waals surface area contributed by atoms with E-state index in [0.717, 1.165) is 44.6 Å². The van der Waals surface area contributed by atoms with E-state index in [4.69, 9.17) is 11.1 Å². The summed E-state index contributed by atoms with van der Waals surface area (Å²) in [7, 11) is -3.92. The smallest absolute Gasteiger partial charge is 0.319 e. The lowest BCUT2D eigenvalue weighted by molar-refractivity contribution is 0.130. The molecule has 36 heavy (non-hydrogen) atoms. The van der Waals surface area contributed by atoms with Crippen molar-refractivity contribution in [3.63, 3.8) is 0 Å². The van der Waals surface area contributed by atoms with E-state index in [9.17, 15) is 17.6 Å². The Labute approximate surface area is 212 Å². The highest BCUT2D eigenvalue weighted by Gasteiger charge is 2.43. The maximum Gasteiger partial charge on any atom is 0.319 e. The van der Waals surface area contributed by atoms with Crippen LogP contribution in [-0.2, 0) is 10.0 Å². The Morgan fingerprint density at radius 1 is 1.03 bits per heavy atom. The van der Waals surface area contributed by atoms with Gasteiger partial charge in [0.25, 0.3) is 0 Å². The number of carbonyl (C=O) groups excluding carboxylic acids is 1. The number of amidine groups is 1. The average Bonchev–Trinajstić information content (AvgIpc) is 3.10. The predicted molar refractivity (Wildman–Crippen MR) is 138 cm³/mol. The van der Waals surface area contributed by atoms with Crippen molar-refractivity contribution in [3.05, 3.63) is 59.9 Å². The highest BCUT2D eigenvalue weighted by Crippen LogP contribution is 2.40. The summed E-state index contributed by atoms with van der Waals surface area (Å²) in [6.07, 6.45) is 7.04. The standard InChI is InChI=1S/C26H34FN5O3S/c27-22-10-3-4-11-23(22)36(34,35)32-16-12-20(13-17-32)26(14-5-1-2-6-15-26)31-25(33)30-21-9-7-8-19(18-21)24(28)29/h3-4,7-11,18,20H,1-2,5-6,12-17H2,(H3,28,29)(H2,30,31,33). The SMILES string of the molecule is N=C(N)c1cccc(NC(=O)NC2(C3CCN(S(=O)(=O)c4ccccc4F)CC3)CCCCCC2)c1. The number of benzene rings is 2. The predicted octanol–water partition coefficient (Wildman–Crippen LogP) is 4.43. The number of carbonyl (C=O) groups is 1. The topological polar surface area (TPSA) is 128 Å².